The number of halogens is 2. The highest BCUT2D eigenvalue weighted by Gasteiger charge is 2.35. The minimum absolute atomic E-state index is 0.0466. The second kappa shape index (κ2) is 15.0. The Morgan fingerprint density at radius 3 is 1.98 bits per heavy atom. The quantitative estimate of drug-likeness (QED) is 0.179. The van der Waals surface area contributed by atoms with E-state index in [9.17, 15) is 18.0 Å². The van der Waals surface area contributed by atoms with Gasteiger partial charge in [0.1, 0.15) is 12.6 Å². The Bertz CT molecular complexity index is 1720. The maximum Gasteiger partial charge on any atom is 0.264 e. The molecule has 0 saturated heterocycles. The molecule has 0 aliphatic rings. The monoisotopic (exact) mass is 665 g/mol. The molecule has 0 saturated carbocycles. The fourth-order valence-corrected chi connectivity index (χ4v) is 7.08. The smallest absolute Gasteiger partial charge is 0.264 e. The van der Waals surface area contributed by atoms with E-state index in [-0.39, 0.29) is 23.8 Å². The van der Waals surface area contributed by atoms with Gasteiger partial charge in [0.05, 0.1) is 10.6 Å². The molecule has 236 valence electrons. The summed E-state index contributed by atoms with van der Waals surface area (Å²) < 4.78 is 29.6. The summed E-state index contributed by atoms with van der Waals surface area (Å²) in [4.78, 5) is 29.6. The highest BCUT2D eigenvalue weighted by molar-refractivity contribution is 7.92. The number of carbonyl (C=O) groups excluding carboxylic acids is 2. The van der Waals surface area contributed by atoms with Gasteiger partial charge in [-0.05, 0) is 80.8 Å². The Morgan fingerprint density at radius 1 is 0.800 bits per heavy atom. The Balaban J connectivity index is 1.85. The number of sulfonamides is 1. The predicted molar refractivity (Wildman–Crippen MR) is 181 cm³/mol. The van der Waals surface area contributed by atoms with Crippen molar-refractivity contribution < 1.29 is 18.0 Å². The number of benzene rings is 4. The van der Waals surface area contributed by atoms with Gasteiger partial charge in [0.2, 0.25) is 11.8 Å². The zero-order chi connectivity index (χ0) is 32.7. The fraction of sp³-hybridized carbons (Fsp3) is 0.257. The number of nitrogens with one attached hydrogen (secondary N) is 1. The molecular formula is C35H37Cl2N3O4S. The fourth-order valence-electron chi connectivity index (χ4n) is 5.16. The van der Waals surface area contributed by atoms with E-state index in [0.717, 1.165) is 26.6 Å². The summed E-state index contributed by atoms with van der Waals surface area (Å²) in [5, 5.41) is 3.50. The number of amides is 2. The lowest BCUT2D eigenvalue weighted by atomic mass is 10.0. The van der Waals surface area contributed by atoms with Crippen molar-refractivity contribution in [1.29, 1.82) is 0 Å². The van der Waals surface area contributed by atoms with E-state index in [1.807, 2.05) is 57.2 Å². The van der Waals surface area contributed by atoms with Gasteiger partial charge in [-0.25, -0.2) is 8.42 Å². The summed E-state index contributed by atoms with van der Waals surface area (Å²) in [6, 6.07) is 25.2. The first-order valence-electron chi connectivity index (χ1n) is 14.6. The second-order valence-corrected chi connectivity index (χ2v) is 13.7. The third-order valence-electron chi connectivity index (χ3n) is 7.39. The highest BCUT2D eigenvalue weighted by atomic mass is 35.5. The van der Waals surface area contributed by atoms with E-state index in [1.165, 1.54) is 17.0 Å². The molecule has 0 aromatic heterocycles. The first kappa shape index (κ1) is 34.0. The molecule has 0 heterocycles. The van der Waals surface area contributed by atoms with Crippen molar-refractivity contribution in [1.82, 2.24) is 10.2 Å². The molecule has 0 spiro atoms. The van der Waals surface area contributed by atoms with E-state index >= 15 is 0 Å². The first-order valence-corrected chi connectivity index (χ1v) is 16.8. The zero-order valence-corrected chi connectivity index (χ0v) is 28.1. The number of carbonyl (C=O) groups is 2. The average molecular weight is 667 g/mol. The molecule has 1 unspecified atom stereocenters. The van der Waals surface area contributed by atoms with Crippen LogP contribution in [0.1, 0.15) is 34.7 Å². The van der Waals surface area contributed by atoms with Gasteiger partial charge in [-0.15, -0.1) is 0 Å². The van der Waals surface area contributed by atoms with Crippen molar-refractivity contribution >= 4 is 50.7 Å². The summed E-state index contributed by atoms with van der Waals surface area (Å²) in [7, 11) is -4.20. The van der Waals surface area contributed by atoms with Crippen molar-refractivity contribution in [3.63, 3.8) is 0 Å². The van der Waals surface area contributed by atoms with Crippen molar-refractivity contribution in [2.24, 2.45) is 0 Å². The van der Waals surface area contributed by atoms with Crippen molar-refractivity contribution in [3.8, 4) is 0 Å². The van der Waals surface area contributed by atoms with Crippen LogP contribution in [0.25, 0.3) is 0 Å². The van der Waals surface area contributed by atoms with E-state index < -0.39 is 28.5 Å². The lowest BCUT2D eigenvalue weighted by Gasteiger charge is -2.34. The number of nitrogens with zero attached hydrogens (tertiary/aromatic N) is 2. The highest BCUT2D eigenvalue weighted by Crippen LogP contribution is 2.30. The minimum Gasteiger partial charge on any atom is -0.355 e. The summed E-state index contributed by atoms with van der Waals surface area (Å²) in [6.45, 7) is 7.06. The van der Waals surface area contributed by atoms with E-state index in [2.05, 4.69) is 5.32 Å². The van der Waals surface area contributed by atoms with Gasteiger partial charge < -0.3 is 10.2 Å². The predicted octanol–water partition coefficient (Wildman–Crippen LogP) is 6.89. The topological polar surface area (TPSA) is 86.8 Å². The third-order valence-corrected chi connectivity index (χ3v) is 9.89. The van der Waals surface area contributed by atoms with Crippen LogP contribution < -0.4 is 9.62 Å². The van der Waals surface area contributed by atoms with Crippen LogP contribution in [0.5, 0.6) is 0 Å². The Hall–Kier alpha value is -3.85. The molecule has 1 N–H and O–H groups in total. The molecule has 45 heavy (non-hydrogen) atoms. The molecule has 0 fully saturated rings. The summed E-state index contributed by atoms with van der Waals surface area (Å²) in [5.41, 5.74) is 4.20. The Kier molecular flexibility index (Phi) is 11.3. The molecule has 1 atom stereocenters. The van der Waals surface area contributed by atoms with Gasteiger partial charge in [0.25, 0.3) is 10.0 Å². The molecule has 0 bridgehead atoms. The lowest BCUT2D eigenvalue weighted by molar-refractivity contribution is -0.140. The summed E-state index contributed by atoms with van der Waals surface area (Å²) in [6.07, 6.45) is 0.189. The van der Waals surface area contributed by atoms with Crippen molar-refractivity contribution in [2.75, 3.05) is 17.4 Å². The molecule has 4 aromatic rings. The van der Waals surface area contributed by atoms with Crippen LogP contribution in [0.4, 0.5) is 5.69 Å². The van der Waals surface area contributed by atoms with Crippen molar-refractivity contribution in [3.05, 3.63) is 129 Å². The SMILES string of the molecule is CCNC(=O)C(Cc1ccccc1)N(Cc1c(Cl)cccc1Cl)C(=O)CN(c1cc(C)cc(C)c1)S(=O)(=O)c1ccc(C)cc1. The number of hydrogen-bond acceptors (Lipinski definition) is 4. The van der Waals surface area contributed by atoms with E-state index in [1.54, 1.807) is 49.4 Å². The molecule has 0 aliphatic carbocycles. The van der Waals surface area contributed by atoms with Crippen LogP contribution in [0.3, 0.4) is 0 Å². The molecule has 4 aromatic carbocycles. The first-order chi connectivity index (χ1) is 21.4. The zero-order valence-electron chi connectivity index (χ0n) is 25.8. The largest absolute Gasteiger partial charge is 0.355 e. The van der Waals surface area contributed by atoms with Gasteiger partial charge in [-0.2, -0.15) is 0 Å². The van der Waals surface area contributed by atoms with Crippen LogP contribution in [0, 0.1) is 20.8 Å². The molecule has 2 amide bonds. The Morgan fingerprint density at radius 2 is 1.40 bits per heavy atom. The van der Waals surface area contributed by atoms with Crippen LogP contribution in [0.2, 0.25) is 10.0 Å². The van der Waals surface area contributed by atoms with Gasteiger partial charge in [0, 0.05) is 35.1 Å². The van der Waals surface area contributed by atoms with Crippen LogP contribution in [0.15, 0.2) is 95.9 Å². The van der Waals surface area contributed by atoms with E-state index in [4.69, 9.17) is 23.2 Å². The number of anilines is 1. The van der Waals surface area contributed by atoms with Crippen LogP contribution in [-0.2, 0) is 32.6 Å². The maximum atomic E-state index is 14.5. The van der Waals surface area contributed by atoms with E-state index in [0.29, 0.717) is 27.8 Å². The minimum atomic E-state index is -4.20. The van der Waals surface area contributed by atoms with Gasteiger partial charge in [-0.1, -0.05) is 83.4 Å². The van der Waals surface area contributed by atoms with Gasteiger partial charge in [-0.3, -0.25) is 13.9 Å². The number of likely N-dealkylation sites (N-methyl/N-ethyl adjacent to an activating group) is 1. The molecule has 0 radical (unpaired) electrons. The standard InChI is InChI=1S/C35H37Cl2N3O4S/c1-5-38-35(42)33(21-27-10-7-6-8-11-27)39(22-30-31(36)12-9-13-32(30)37)34(41)23-40(28-19-25(3)18-26(4)20-28)45(43,44)29-16-14-24(2)15-17-29/h6-20,33H,5,21-23H2,1-4H3,(H,38,42). The van der Waals surface area contributed by atoms with Crippen molar-refractivity contribution in [2.45, 2.75) is 51.6 Å². The van der Waals surface area contributed by atoms with Gasteiger partial charge in [0.15, 0.2) is 0 Å². The maximum absolute atomic E-state index is 14.5. The second-order valence-electron chi connectivity index (χ2n) is 11.0. The van der Waals surface area contributed by atoms with Gasteiger partial charge >= 0.3 is 0 Å². The Labute approximate surface area is 275 Å². The normalized spacial score (nSPS) is 12.0. The molecular weight excluding hydrogens is 629 g/mol. The summed E-state index contributed by atoms with van der Waals surface area (Å²) >= 11 is 13.1. The molecule has 7 nitrogen and oxygen atoms in total. The third kappa shape index (κ3) is 8.45. The number of aryl methyl sites for hydroxylation is 3. The van der Waals surface area contributed by atoms with Crippen LogP contribution >= 0.6 is 23.2 Å². The average Bonchev–Trinajstić information content (AvgIpc) is 2.99. The number of hydrogen-bond donors (Lipinski definition) is 1. The molecule has 10 heteroatoms. The lowest BCUT2D eigenvalue weighted by Crippen LogP contribution is -2.53. The summed E-state index contributed by atoms with van der Waals surface area (Å²) in [5.74, 6) is -0.967. The molecule has 0 aliphatic heterocycles. The number of rotatable bonds is 12. The molecule has 4 rings (SSSR count). The van der Waals surface area contributed by atoms with Crippen LogP contribution in [-0.4, -0.2) is 44.3 Å².